The highest BCUT2D eigenvalue weighted by molar-refractivity contribution is 6.31. The van der Waals surface area contributed by atoms with Crippen molar-refractivity contribution in [2.75, 3.05) is 18.5 Å². The predicted molar refractivity (Wildman–Crippen MR) is 113 cm³/mol. The van der Waals surface area contributed by atoms with Gasteiger partial charge in [-0.2, -0.15) is 0 Å². The zero-order chi connectivity index (χ0) is 22.0. The minimum atomic E-state index is -1.38. The molecule has 2 spiro atoms. The average Bonchev–Trinajstić information content (AvgIpc) is 3.18. The van der Waals surface area contributed by atoms with E-state index in [1.165, 1.54) is 12.1 Å². The molecule has 162 valence electrons. The Bertz CT molecular complexity index is 1100. The van der Waals surface area contributed by atoms with Crippen LogP contribution in [0.4, 0.5) is 10.1 Å². The quantitative estimate of drug-likeness (QED) is 0.630. The van der Waals surface area contributed by atoms with E-state index in [9.17, 15) is 14.7 Å². The van der Waals surface area contributed by atoms with Crippen LogP contribution in [0.5, 0.6) is 0 Å². The second-order valence-electron chi connectivity index (χ2n) is 8.23. The lowest BCUT2D eigenvalue weighted by Gasteiger charge is -2.46. The van der Waals surface area contributed by atoms with Crippen molar-refractivity contribution < 1.29 is 23.8 Å². The second-order valence-corrected chi connectivity index (χ2v) is 9.07. The van der Waals surface area contributed by atoms with Crippen LogP contribution < -0.4 is 10.6 Å². The molecule has 3 heterocycles. The van der Waals surface area contributed by atoms with Crippen molar-refractivity contribution in [3.8, 4) is 0 Å². The largest absolute Gasteiger partial charge is 0.480 e. The molecule has 0 aromatic heterocycles. The van der Waals surface area contributed by atoms with Gasteiger partial charge in [-0.25, -0.2) is 4.39 Å². The number of carboxylic acid groups (broad SMARTS) is 1. The zero-order valence-electron chi connectivity index (χ0n) is 16.3. The lowest BCUT2D eigenvalue weighted by Crippen LogP contribution is -2.61. The maximum Gasteiger partial charge on any atom is 0.321 e. The maximum atomic E-state index is 15.3. The molecule has 3 aliphatic rings. The first-order chi connectivity index (χ1) is 14.8. The minimum Gasteiger partial charge on any atom is -0.480 e. The van der Waals surface area contributed by atoms with E-state index in [1.54, 1.807) is 24.3 Å². The lowest BCUT2D eigenvalue weighted by molar-refractivity contribution is -0.139. The van der Waals surface area contributed by atoms with Crippen LogP contribution in [0.25, 0.3) is 0 Å². The molecule has 3 N–H and O–H groups in total. The van der Waals surface area contributed by atoms with E-state index in [-0.39, 0.29) is 16.5 Å². The number of rotatable bonds is 2. The molecule has 1 amide bonds. The van der Waals surface area contributed by atoms with E-state index in [1.807, 2.05) is 0 Å². The number of carbonyl (C=O) groups excluding carboxylic acids is 1. The molecule has 0 saturated carbocycles. The summed E-state index contributed by atoms with van der Waals surface area (Å²) in [6, 6.07) is 8.29. The fourth-order valence-electron chi connectivity index (χ4n) is 5.77. The first-order valence-corrected chi connectivity index (χ1v) is 10.7. The van der Waals surface area contributed by atoms with Crippen molar-refractivity contribution in [3.63, 3.8) is 0 Å². The number of nitrogens with one attached hydrogen (secondary N) is 2. The maximum absolute atomic E-state index is 15.3. The zero-order valence-corrected chi connectivity index (χ0v) is 17.8. The van der Waals surface area contributed by atoms with Crippen molar-refractivity contribution in [1.82, 2.24) is 5.32 Å². The number of hydrogen-bond acceptors (Lipinski definition) is 4. The fraction of sp³-hybridized carbons (Fsp3) is 0.364. The van der Waals surface area contributed by atoms with Crippen molar-refractivity contribution >= 4 is 40.8 Å². The molecule has 2 unspecified atom stereocenters. The van der Waals surface area contributed by atoms with Gasteiger partial charge in [-0.15, -0.1) is 0 Å². The van der Waals surface area contributed by atoms with E-state index in [2.05, 4.69) is 10.6 Å². The topological polar surface area (TPSA) is 87.7 Å². The Morgan fingerprint density at radius 3 is 2.65 bits per heavy atom. The van der Waals surface area contributed by atoms with Crippen LogP contribution >= 0.6 is 23.2 Å². The van der Waals surface area contributed by atoms with Crippen molar-refractivity contribution in [2.24, 2.45) is 0 Å². The highest BCUT2D eigenvalue weighted by Crippen LogP contribution is 2.61. The van der Waals surface area contributed by atoms with Gasteiger partial charge in [0.05, 0.1) is 5.02 Å². The molecule has 2 aromatic rings. The van der Waals surface area contributed by atoms with Crippen LogP contribution in [0.2, 0.25) is 10.0 Å². The molecule has 6 nitrogen and oxygen atoms in total. The van der Waals surface area contributed by atoms with Crippen LogP contribution in [0.3, 0.4) is 0 Å². The van der Waals surface area contributed by atoms with Gasteiger partial charge in [-0.3, -0.25) is 14.9 Å². The smallest absolute Gasteiger partial charge is 0.321 e. The molecule has 9 heteroatoms. The highest BCUT2D eigenvalue weighted by Gasteiger charge is 2.72. The highest BCUT2D eigenvalue weighted by atomic mass is 35.5. The molecule has 31 heavy (non-hydrogen) atoms. The monoisotopic (exact) mass is 464 g/mol. The van der Waals surface area contributed by atoms with Crippen LogP contribution in [0, 0.1) is 5.82 Å². The van der Waals surface area contributed by atoms with E-state index >= 15 is 4.39 Å². The molecule has 0 aliphatic carbocycles. The van der Waals surface area contributed by atoms with Crippen molar-refractivity contribution in [2.45, 2.75) is 35.8 Å². The van der Waals surface area contributed by atoms with Crippen LogP contribution in [0.1, 0.15) is 29.9 Å². The third kappa shape index (κ3) is 2.70. The van der Waals surface area contributed by atoms with Crippen molar-refractivity contribution in [3.05, 3.63) is 63.4 Å². The molecule has 2 saturated heterocycles. The molecular weight excluding hydrogens is 446 g/mol. The Labute approximate surface area is 187 Å². The van der Waals surface area contributed by atoms with Crippen LogP contribution in [-0.4, -0.2) is 41.8 Å². The average molecular weight is 465 g/mol. The third-order valence-electron chi connectivity index (χ3n) is 6.93. The summed E-state index contributed by atoms with van der Waals surface area (Å²) < 4.78 is 20.9. The molecule has 5 rings (SSSR count). The first kappa shape index (κ1) is 20.7. The SMILES string of the molecule is O=C(O)[C@@H]1NC2(CCOCC2)C2(C(=O)Nc3cc(Cl)ccc32)C1c1cccc(Cl)c1F. The summed E-state index contributed by atoms with van der Waals surface area (Å²) >= 11 is 12.2. The number of fused-ring (bicyclic) bond motifs is 3. The minimum absolute atomic E-state index is 0.0914. The number of benzene rings is 2. The van der Waals surface area contributed by atoms with Crippen LogP contribution in [-0.2, 0) is 19.7 Å². The molecule has 3 aliphatic heterocycles. The van der Waals surface area contributed by atoms with Gasteiger partial charge < -0.3 is 15.2 Å². The van der Waals surface area contributed by atoms with Gasteiger partial charge in [0.15, 0.2) is 0 Å². The number of carbonyl (C=O) groups is 2. The summed E-state index contributed by atoms with van der Waals surface area (Å²) in [4.78, 5) is 26.2. The molecular formula is C22H19Cl2FN2O4. The van der Waals surface area contributed by atoms with Crippen molar-refractivity contribution in [1.29, 1.82) is 0 Å². The standard InChI is InChI=1S/C22H19Cl2FN2O4/c23-11-4-5-13-15(10-11)26-20(30)22(13)16(12-2-1-3-14(24)17(12)25)18(19(28)29)27-21(22)6-8-31-9-7-21/h1-5,10,16,18,27H,6-9H2,(H,26,30)(H,28,29)/t16?,18-,22?/m1/s1. The Balaban J connectivity index is 1.86. The van der Waals surface area contributed by atoms with E-state index in [4.69, 9.17) is 27.9 Å². The summed E-state index contributed by atoms with van der Waals surface area (Å²) in [6.07, 6.45) is 0.788. The first-order valence-electron chi connectivity index (χ1n) is 9.95. The predicted octanol–water partition coefficient (Wildman–Crippen LogP) is 3.71. The summed E-state index contributed by atoms with van der Waals surface area (Å²) in [5.41, 5.74) is -1.14. The summed E-state index contributed by atoms with van der Waals surface area (Å²) in [7, 11) is 0. The number of anilines is 1. The Morgan fingerprint density at radius 1 is 1.19 bits per heavy atom. The Morgan fingerprint density at radius 2 is 1.94 bits per heavy atom. The van der Waals surface area contributed by atoms with Gasteiger partial charge in [0, 0.05) is 35.4 Å². The van der Waals surface area contributed by atoms with Gasteiger partial charge in [-0.1, -0.05) is 41.4 Å². The Kier molecular flexibility index (Phi) is 4.79. The second kappa shape index (κ2) is 7.17. The number of aliphatic carboxylic acids is 1. The molecule has 2 aromatic carbocycles. The normalized spacial score (nSPS) is 28.7. The number of halogens is 3. The van der Waals surface area contributed by atoms with Gasteiger partial charge in [0.25, 0.3) is 0 Å². The third-order valence-corrected chi connectivity index (χ3v) is 7.46. The molecule has 3 atom stereocenters. The summed E-state index contributed by atoms with van der Waals surface area (Å²) in [6.45, 7) is 0.698. The molecule has 0 bridgehead atoms. The summed E-state index contributed by atoms with van der Waals surface area (Å²) in [5, 5.41) is 16.6. The fourth-order valence-corrected chi connectivity index (χ4v) is 6.12. The van der Waals surface area contributed by atoms with E-state index in [0.717, 1.165) is 0 Å². The number of amides is 1. The number of carboxylic acids is 1. The Hall–Kier alpha value is -2.19. The van der Waals surface area contributed by atoms with Gasteiger partial charge in [0.1, 0.15) is 17.3 Å². The van der Waals surface area contributed by atoms with Crippen LogP contribution in [0.15, 0.2) is 36.4 Å². The van der Waals surface area contributed by atoms with Gasteiger partial charge in [0.2, 0.25) is 5.91 Å². The van der Waals surface area contributed by atoms with Gasteiger partial charge in [-0.05, 0) is 42.2 Å². The lowest BCUT2D eigenvalue weighted by atomic mass is 9.57. The van der Waals surface area contributed by atoms with E-state index < -0.39 is 34.7 Å². The summed E-state index contributed by atoms with van der Waals surface area (Å²) in [5.74, 6) is -3.31. The molecule has 0 radical (unpaired) electrons. The van der Waals surface area contributed by atoms with Gasteiger partial charge >= 0.3 is 5.97 Å². The molecule has 2 fully saturated rings. The van der Waals surface area contributed by atoms with E-state index in [0.29, 0.717) is 42.3 Å². The number of hydrogen-bond donors (Lipinski definition) is 3. The number of ether oxygens (including phenoxy) is 1.